The van der Waals surface area contributed by atoms with Gasteiger partial charge in [0.25, 0.3) is 0 Å². The summed E-state index contributed by atoms with van der Waals surface area (Å²) >= 11 is 8.81. The van der Waals surface area contributed by atoms with Gasteiger partial charge in [0, 0.05) is 29.3 Å². The molecule has 3 aromatic rings. The molecule has 0 aliphatic carbocycles. The summed E-state index contributed by atoms with van der Waals surface area (Å²) < 4.78 is 7.03. The highest BCUT2D eigenvalue weighted by Gasteiger charge is 2.51. The van der Waals surface area contributed by atoms with Gasteiger partial charge in [-0.2, -0.15) is 0 Å². The maximum atomic E-state index is 13.4. The largest absolute Gasteiger partial charge is 1.00 e. The maximum Gasteiger partial charge on any atom is 0.349 e. The van der Waals surface area contributed by atoms with Crippen molar-refractivity contribution in [3.05, 3.63) is 79.6 Å². The third kappa shape index (κ3) is 4.43. The number of ether oxygens (including phenoxy) is 1. The lowest BCUT2D eigenvalue weighted by Crippen LogP contribution is -3.00. The first-order valence-corrected chi connectivity index (χ1v) is 12.7. The second-order valence-electron chi connectivity index (χ2n) is 8.70. The van der Waals surface area contributed by atoms with Crippen LogP contribution in [0.15, 0.2) is 59.3 Å². The molecule has 6 rings (SSSR count). The Morgan fingerprint density at radius 1 is 1.06 bits per heavy atom. The van der Waals surface area contributed by atoms with E-state index in [1.807, 2.05) is 35.0 Å². The fraction of sp³-hybridized carbons (Fsp3) is 0.375. The van der Waals surface area contributed by atoms with Crippen molar-refractivity contribution in [2.24, 2.45) is 5.92 Å². The number of quaternary nitrogens is 1. The molecule has 5 heterocycles. The van der Waals surface area contributed by atoms with Crippen molar-refractivity contribution in [2.75, 3.05) is 19.6 Å². The van der Waals surface area contributed by atoms with Gasteiger partial charge in [-0.05, 0) is 35.0 Å². The molecular formula is C24H25BrClNO3S2. The van der Waals surface area contributed by atoms with E-state index in [0.29, 0.717) is 15.7 Å². The summed E-state index contributed by atoms with van der Waals surface area (Å²) in [5, 5.41) is 16.1. The van der Waals surface area contributed by atoms with E-state index in [4.69, 9.17) is 16.3 Å². The minimum Gasteiger partial charge on any atom is -1.00 e. The summed E-state index contributed by atoms with van der Waals surface area (Å²) in [6.07, 6.45) is 1.91. The molecule has 0 amide bonds. The van der Waals surface area contributed by atoms with Crippen LogP contribution in [0.1, 0.15) is 28.2 Å². The average molecular weight is 555 g/mol. The number of aliphatic hydroxyl groups is 1. The van der Waals surface area contributed by atoms with Gasteiger partial charge in [-0.1, -0.05) is 35.9 Å². The lowest BCUT2D eigenvalue weighted by atomic mass is 9.82. The molecule has 1 atom stereocenters. The van der Waals surface area contributed by atoms with Gasteiger partial charge in [0.2, 0.25) is 5.60 Å². The van der Waals surface area contributed by atoms with Gasteiger partial charge in [0.1, 0.15) is 13.1 Å². The fourth-order valence-electron chi connectivity index (χ4n) is 5.07. The minimum atomic E-state index is -1.74. The molecule has 3 fully saturated rings. The Balaban J connectivity index is 0.00000245. The highest BCUT2D eigenvalue weighted by molar-refractivity contribution is 7.12. The maximum absolute atomic E-state index is 13.4. The third-order valence-corrected chi connectivity index (χ3v) is 8.99. The predicted octanol–water partition coefficient (Wildman–Crippen LogP) is 2.06. The van der Waals surface area contributed by atoms with Gasteiger partial charge in [-0.3, -0.25) is 0 Å². The Labute approximate surface area is 211 Å². The number of piperidine rings is 3. The SMILES string of the molecule is O=C(O[C@H]1C[N+]2(Cc3ccc(Cl)cc3)CCC1CC2)C(O)(c1cccs1)c1cccs1.[Br-]. The number of rotatable bonds is 6. The lowest BCUT2D eigenvalue weighted by molar-refractivity contribution is -0.958. The van der Waals surface area contributed by atoms with E-state index in [1.165, 1.54) is 28.2 Å². The molecule has 3 aliphatic rings. The molecule has 0 radical (unpaired) electrons. The Hall–Kier alpha value is -1.22. The number of benzene rings is 1. The van der Waals surface area contributed by atoms with Gasteiger partial charge in [0.05, 0.1) is 22.8 Å². The fourth-order valence-corrected chi connectivity index (χ4v) is 6.91. The Morgan fingerprint density at radius 2 is 1.66 bits per heavy atom. The van der Waals surface area contributed by atoms with Crippen LogP contribution in [0.25, 0.3) is 0 Å². The quantitative estimate of drug-likeness (QED) is 0.375. The molecule has 2 bridgehead atoms. The molecule has 0 saturated carbocycles. The van der Waals surface area contributed by atoms with Crippen LogP contribution in [-0.2, 0) is 21.7 Å². The number of thiophene rings is 2. The Kier molecular flexibility index (Phi) is 7.15. The number of carbonyl (C=O) groups excluding carboxylic acids is 1. The number of esters is 1. The van der Waals surface area contributed by atoms with E-state index in [-0.39, 0.29) is 23.1 Å². The van der Waals surface area contributed by atoms with E-state index in [9.17, 15) is 9.90 Å². The van der Waals surface area contributed by atoms with Crippen molar-refractivity contribution in [2.45, 2.75) is 31.1 Å². The smallest absolute Gasteiger partial charge is 0.349 e. The number of hydrogen-bond acceptors (Lipinski definition) is 5. The first kappa shape index (κ1) is 23.9. The van der Waals surface area contributed by atoms with Gasteiger partial charge < -0.3 is 31.3 Å². The van der Waals surface area contributed by atoms with Gasteiger partial charge in [-0.15, -0.1) is 22.7 Å². The Bertz CT molecular complexity index is 998. The molecule has 2 aromatic heterocycles. The average Bonchev–Trinajstić information content (AvgIpc) is 3.50. The van der Waals surface area contributed by atoms with E-state index < -0.39 is 11.6 Å². The second kappa shape index (κ2) is 9.57. The van der Waals surface area contributed by atoms with Gasteiger partial charge in [-0.25, -0.2) is 4.79 Å². The highest BCUT2D eigenvalue weighted by atomic mass is 79.9. The van der Waals surface area contributed by atoms with Crippen LogP contribution in [-0.4, -0.2) is 41.3 Å². The van der Waals surface area contributed by atoms with Crippen LogP contribution in [0.5, 0.6) is 0 Å². The zero-order chi connectivity index (χ0) is 21.5. The summed E-state index contributed by atoms with van der Waals surface area (Å²) in [4.78, 5) is 14.6. The van der Waals surface area contributed by atoms with Crippen molar-refractivity contribution in [1.82, 2.24) is 0 Å². The van der Waals surface area contributed by atoms with Crippen LogP contribution in [0, 0.1) is 5.92 Å². The standard InChI is InChI=1S/C24H25ClNO3S2.BrH/c25-19-7-5-17(6-8-19)15-26-11-9-18(10-12-26)20(16-26)29-23(27)24(28,21-3-1-13-30-21)22-4-2-14-31-22;/h1-8,13-14,18,20,28H,9-12,15-16H2;1H/q+1;/p-1/t18?,20-,26?;/m0./s1. The second-order valence-corrected chi connectivity index (χ2v) is 11.0. The number of carbonyl (C=O) groups is 1. The van der Waals surface area contributed by atoms with E-state index in [2.05, 4.69) is 12.1 Å². The number of halogens is 2. The predicted molar refractivity (Wildman–Crippen MR) is 124 cm³/mol. The topological polar surface area (TPSA) is 46.5 Å². The molecule has 0 unspecified atom stereocenters. The van der Waals surface area contributed by atoms with Crippen LogP contribution < -0.4 is 17.0 Å². The lowest BCUT2D eigenvalue weighted by Gasteiger charge is -2.52. The Morgan fingerprint density at radius 3 is 2.19 bits per heavy atom. The van der Waals surface area contributed by atoms with Crippen molar-refractivity contribution >= 4 is 40.2 Å². The third-order valence-electron chi connectivity index (χ3n) is 6.78. The van der Waals surface area contributed by atoms with Crippen LogP contribution in [0.4, 0.5) is 0 Å². The number of fused-ring (bicyclic) bond motifs is 3. The van der Waals surface area contributed by atoms with Crippen LogP contribution >= 0.6 is 34.3 Å². The number of hydrogen-bond donors (Lipinski definition) is 1. The zero-order valence-corrected chi connectivity index (χ0v) is 21.4. The number of nitrogens with zero attached hydrogens (tertiary/aromatic N) is 1. The molecule has 3 aliphatic heterocycles. The summed E-state index contributed by atoms with van der Waals surface area (Å²) in [6.45, 7) is 3.91. The monoisotopic (exact) mass is 553 g/mol. The molecule has 32 heavy (non-hydrogen) atoms. The molecule has 3 saturated heterocycles. The van der Waals surface area contributed by atoms with Crippen molar-refractivity contribution < 1.29 is 36.1 Å². The molecule has 1 aromatic carbocycles. The highest BCUT2D eigenvalue weighted by Crippen LogP contribution is 2.41. The van der Waals surface area contributed by atoms with Crippen molar-refractivity contribution in [3.63, 3.8) is 0 Å². The normalized spacial score (nSPS) is 24.7. The summed E-state index contributed by atoms with van der Waals surface area (Å²) in [7, 11) is 0. The van der Waals surface area contributed by atoms with Gasteiger partial charge >= 0.3 is 5.97 Å². The molecule has 8 heteroatoms. The van der Waals surface area contributed by atoms with Crippen molar-refractivity contribution in [1.29, 1.82) is 0 Å². The van der Waals surface area contributed by atoms with Crippen molar-refractivity contribution in [3.8, 4) is 0 Å². The van der Waals surface area contributed by atoms with Crippen LogP contribution in [0.2, 0.25) is 5.02 Å². The summed E-state index contributed by atoms with van der Waals surface area (Å²) in [6, 6.07) is 15.4. The van der Waals surface area contributed by atoms with E-state index in [1.54, 1.807) is 12.1 Å². The first-order valence-electron chi connectivity index (χ1n) is 10.6. The molecule has 170 valence electrons. The van der Waals surface area contributed by atoms with E-state index >= 15 is 0 Å². The molecular weight excluding hydrogens is 530 g/mol. The molecule has 0 spiro atoms. The van der Waals surface area contributed by atoms with Gasteiger partial charge in [0.15, 0.2) is 6.10 Å². The first-order chi connectivity index (χ1) is 15.0. The molecule has 1 N–H and O–H groups in total. The van der Waals surface area contributed by atoms with E-state index in [0.717, 1.165) is 48.5 Å². The minimum absolute atomic E-state index is 0. The molecule has 4 nitrogen and oxygen atoms in total. The summed E-state index contributed by atoms with van der Waals surface area (Å²) in [5.74, 6) is -0.189. The summed E-state index contributed by atoms with van der Waals surface area (Å²) in [5.41, 5.74) is -0.487. The van der Waals surface area contributed by atoms with Crippen LogP contribution in [0.3, 0.4) is 0 Å². The zero-order valence-electron chi connectivity index (χ0n) is 17.5.